The topological polar surface area (TPSA) is 115 Å². The van der Waals surface area contributed by atoms with Gasteiger partial charge in [-0.1, -0.05) is 17.7 Å². The van der Waals surface area contributed by atoms with Crippen molar-refractivity contribution in [2.75, 3.05) is 23.9 Å². The van der Waals surface area contributed by atoms with E-state index in [4.69, 9.17) is 16.3 Å². The first-order valence-electron chi connectivity index (χ1n) is 13.4. The third-order valence-electron chi connectivity index (χ3n) is 7.88. The van der Waals surface area contributed by atoms with Crippen LogP contribution in [0.5, 0.6) is 5.75 Å². The number of carbonyl (C=O) groups excluding carboxylic acids is 2. The molecule has 6 rings (SSSR count). The number of ether oxygens (including phenoxy) is 1. The fourth-order valence-electron chi connectivity index (χ4n) is 5.47. The number of halogens is 4. The molecule has 1 aliphatic carbocycles. The van der Waals surface area contributed by atoms with Crippen LogP contribution >= 0.6 is 11.6 Å². The van der Waals surface area contributed by atoms with Gasteiger partial charge >= 0.3 is 0 Å². The number of alkyl halides is 2. The number of pyridine rings is 1. The van der Waals surface area contributed by atoms with Crippen molar-refractivity contribution in [3.8, 4) is 17.0 Å². The van der Waals surface area contributed by atoms with Crippen LogP contribution in [-0.2, 0) is 4.79 Å². The number of rotatable bonds is 8. The molecule has 0 bridgehead atoms. The van der Waals surface area contributed by atoms with E-state index in [0.717, 1.165) is 42.1 Å². The van der Waals surface area contributed by atoms with Crippen LogP contribution in [0.1, 0.15) is 53.0 Å². The van der Waals surface area contributed by atoms with Gasteiger partial charge in [-0.15, -0.1) is 0 Å². The number of carbonyl (C=O) groups is 2. The third-order valence-corrected chi connectivity index (χ3v) is 8.17. The summed E-state index contributed by atoms with van der Waals surface area (Å²) in [5, 5.41) is 6.65. The molecule has 10 nitrogen and oxygen atoms in total. The molecule has 2 amide bonds. The number of nitrogens with one attached hydrogen (secondary N) is 1. The van der Waals surface area contributed by atoms with Crippen molar-refractivity contribution in [1.29, 1.82) is 0 Å². The van der Waals surface area contributed by atoms with E-state index >= 15 is 0 Å². The van der Waals surface area contributed by atoms with E-state index in [9.17, 15) is 22.8 Å². The van der Waals surface area contributed by atoms with Gasteiger partial charge < -0.3 is 10.1 Å². The summed E-state index contributed by atoms with van der Waals surface area (Å²) in [4.78, 5) is 39.9. The van der Waals surface area contributed by atoms with Crippen molar-refractivity contribution >= 4 is 34.9 Å². The first-order valence-corrected chi connectivity index (χ1v) is 13.8. The van der Waals surface area contributed by atoms with Gasteiger partial charge in [0.15, 0.2) is 17.4 Å². The molecule has 0 radical (unpaired) electrons. The molecule has 0 spiro atoms. The van der Waals surface area contributed by atoms with E-state index in [1.165, 1.54) is 13.3 Å². The van der Waals surface area contributed by atoms with Gasteiger partial charge in [-0.2, -0.15) is 5.10 Å². The summed E-state index contributed by atoms with van der Waals surface area (Å²) < 4.78 is 49.2. The molecule has 3 atom stereocenters. The maximum absolute atomic E-state index is 14.7. The van der Waals surface area contributed by atoms with E-state index in [1.54, 1.807) is 22.0 Å². The van der Waals surface area contributed by atoms with Gasteiger partial charge in [0.1, 0.15) is 5.69 Å². The van der Waals surface area contributed by atoms with Crippen LogP contribution in [-0.4, -0.2) is 50.2 Å². The maximum Gasteiger partial charge on any atom is 0.275 e. The average molecular weight is 612 g/mol. The minimum absolute atomic E-state index is 0.0749. The van der Waals surface area contributed by atoms with Crippen LogP contribution in [0, 0.1) is 24.6 Å². The highest BCUT2D eigenvalue weighted by molar-refractivity contribution is 6.31. The highest BCUT2D eigenvalue weighted by atomic mass is 35.5. The minimum Gasteiger partial charge on any atom is -0.493 e. The summed E-state index contributed by atoms with van der Waals surface area (Å²) in [6, 6.07) is 1.71. The van der Waals surface area contributed by atoms with Crippen LogP contribution in [0.4, 0.5) is 24.7 Å². The summed E-state index contributed by atoms with van der Waals surface area (Å²) in [7, 11) is 1.54. The van der Waals surface area contributed by atoms with E-state index in [2.05, 4.69) is 25.4 Å². The van der Waals surface area contributed by atoms with Crippen LogP contribution in [0.3, 0.4) is 0 Å². The van der Waals surface area contributed by atoms with Crippen LogP contribution < -0.4 is 15.0 Å². The lowest BCUT2D eigenvalue weighted by Crippen LogP contribution is -2.29. The largest absolute Gasteiger partial charge is 0.493 e. The number of hydrogen-bond donors (Lipinski definition) is 1. The van der Waals surface area contributed by atoms with Gasteiger partial charge in [-0.25, -0.2) is 23.1 Å². The number of benzene rings is 1. The van der Waals surface area contributed by atoms with Crippen molar-refractivity contribution < 1.29 is 27.5 Å². The zero-order valence-electron chi connectivity index (χ0n) is 23.2. The normalized spacial score (nSPS) is 18.1. The summed E-state index contributed by atoms with van der Waals surface area (Å²) in [5.41, 5.74) is 0.285. The van der Waals surface area contributed by atoms with Gasteiger partial charge in [0, 0.05) is 47.1 Å². The lowest BCUT2D eigenvalue weighted by atomic mass is 10.0. The van der Waals surface area contributed by atoms with Crippen molar-refractivity contribution in [3.05, 3.63) is 76.3 Å². The Bertz CT molecular complexity index is 1770. The zero-order chi connectivity index (χ0) is 30.6. The summed E-state index contributed by atoms with van der Waals surface area (Å²) >= 11 is 5.82. The van der Waals surface area contributed by atoms with E-state index < -0.39 is 29.3 Å². The Morgan fingerprint density at radius 1 is 1.19 bits per heavy atom. The second-order valence-electron chi connectivity index (χ2n) is 10.5. The molecule has 1 saturated heterocycles. The van der Waals surface area contributed by atoms with E-state index in [-0.39, 0.29) is 34.3 Å². The second-order valence-corrected chi connectivity index (χ2v) is 10.9. The zero-order valence-corrected chi connectivity index (χ0v) is 23.9. The highest BCUT2D eigenvalue weighted by Gasteiger charge is 2.53. The average Bonchev–Trinajstić information content (AvgIpc) is 3.49. The summed E-state index contributed by atoms with van der Waals surface area (Å²) in [6.07, 6.45) is 4.87. The number of methoxy groups -OCH3 is 1. The first-order chi connectivity index (χ1) is 20.6. The molecule has 2 aliphatic rings. The van der Waals surface area contributed by atoms with Crippen LogP contribution in [0.2, 0.25) is 5.02 Å². The predicted octanol–water partition coefficient (Wildman–Crippen LogP) is 5.63. The molecule has 1 aromatic carbocycles. The van der Waals surface area contributed by atoms with Gasteiger partial charge in [0.05, 0.1) is 48.1 Å². The Labute approximate surface area is 248 Å². The fraction of sp³-hybridized carbons (Fsp3) is 0.310. The molecule has 4 heterocycles. The monoisotopic (exact) mass is 611 g/mol. The number of hydrogen-bond acceptors (Lipinski definition) is 7. The van der Waals surface area contributed by atoms with Crippen molar-refractivity contribution in [2.45, 2.75) is 32.7 Å². The molecule has 3 aromatic heterocycles. The van der Waals surface area contributed by atoms with Crippen LogP contribution in [0.25, 0.3) is 11.3 Å². The lowest BCUT2D eigenvalue weighted by molar-refractivity contribution is -0.118. The molecule has 1 N–H and O–H groups in total. The summed E-state index contributed by atoms with van der Waals surface area (Å²) in [6.45, 7) is 4.42. The first kappa shape index (κ1) is 28.6. The molecular formula is C29H25ClF3N7O3. The Morgan fingerprint density at radius 2 is 1.98 bits per heavy atom. The number of aromatic nitrogens is 5. The Balaban J connectivity index is 1.21. The number of amides is 2. The number of fused-ring (bicyclic) bond motifs is 1. The molecule has 43 heavy (non-hydrogen) atoms. The van der Waals surface area contributed by atoms with Crippen molar-refractivity contribution in [2.24, 2.45) is 11.8 Å². The molecule has 14 heteroatoms. The second kappa shape index (κ2) is 11.0. The number of piperidine rings is 1. The number of nitrogens with zero attached hydrogens (tertiary/aromatic N) is 6. The maximum atomic E-state index is 14.7. The van der Waals surface area contributed by atoms with E-state index in [1.807, 2.05) is 13.8 Å². The van der Waals surface area contributed by atoms with Gasteiger partial charge in [-0.3, -0.25) is 24.2 Å². The Kier molecular flexibility index (Phi) is 7.28. The van der Waals surface area contributed by atoms with Crippen LogP contribution in [0.15, 0.2) is 43.1 Å². The molecule has 4 aromatic rings. The lowest BCUT2D eigenvalue weighted by Gasteiger charge is -2.23. The quantitative estimate of drug-likeness (QED) is 0.275. The smallest absolute Gasteiger partial charge is 0.275 e. The van der Waals surface area contributed by atoms with Crippen molar-refractivity contribution in [3.63, 3.8) is 0 Å². The minimum atomic E-state index is -3.00. The Morgan fingerprint density at radius 3 is 2.67 bits per heavy atom. The molecule has 2 fully saturated rings. The molecule has 222 valence electrons. The summed E-state index contributed by atoms with van der Waals surface area (Å²) in [5.74, 6) is -0.223. The molecule has 1 aliphatic heterocycles. The van der Waals surface area contributed by atoms with Gasteiger partial charge in [0.2, 0.25) is 5.91 Å². The fourth-order valence-corrected chi connectivity index (χ4v) is 5.62. The predicted molar refractivity (Wildman–Crippen MR) is 151 cm³/mol. The standard InChI is InChI=1S/C29H25ClF3N7O3/c1-13-19(8-35-27(25(13)43-3)39-11-15-6-18(15)29(39)42)14(2)40-12-16(7-36-40)37-28(41)22-10-34-9-21(38-22)23-17(26(32)33)4-5-20(30)24(23)31/h4-5,7-10,12,14-15,18,26H,6,11H2,1-3H3,(H,37,41)/t14-,15-,18-/m1/s1. The highest BCUT2D eigenvalue weighted by Crippen LogP contribution is 2.49. The molecule has 0 unspecified atom stereocenters. The third kappa shape index (κ3) is 5.07. The van der Waals surface area contributed by atoms with Crippen molar-refractivity contribution in [1.82, 2.24) is 24.7 Å². The van der Waals surface area contributed by atoms with Gasteiger partial charge in [0.25, 0.3) is 12.3 Å². The number of anilines is 2. The molecule has 1 saturated carbocycles. The Hall–Kier alpha value is -4.52. The SMILES string of the molecule is COc1c(N2C[C@H]3C[C@H]3C2=O)ncc([C@@H](C)n2cc(NC(=O)c3cncc(-c4c(C(F)F)ccc(Cl)c4F)n3)cn2)c1C. The van der Waals surface area contributed by atoms with Gasteiger partial charge in [-0.05, 0) is 32.3 Å². The van der Waals surface area contributed by atoms with E-state index in [0.29, 0.717) is 29.7 Å². The molecular weight excluding hydrogens is 587 g/mol.